The van der Waals surface area contributed by atoms with Gasteiger partial charge in [0.05, 0.1) is 23.9 Å². The monoisotopic (exact) mass is 1120 g/mol. The van der Waals surface area contributed by atoms with E-state index < -0.39 is 35.1 Å². The first-order chi connectivity index (χ1) is 37.9. The molecular weight excluding hydrogens is 1030 g/mol. The molecule has 0 bridgehead atoms. The Kier molecular flexibility index (Phi) is 19.5. The van der Waals surface area contributed by atoms with E-state index in [0.717, 1.165) is 34.6 Å². The molecule has 12 nitrogen and oxygen atoms in total. The van der Waals surface area contributed by atoms with Crippen molar-refractivity contribution in [2.24, 2.45) is 11.8 Å². The van der Waals surface area contributed by atoms with Crippen LogP contribution in [0.25, 0.3) is 0 Å². The molecule has 4 aliphatic heterocycles. The molecule has 0 spiro atoms. The molecule has 6 atom stereocenters. The lowest BCUT2D eigenvalue weighted by atomic mass is 9.87. The van der Waals surface area contributed by atoms with Crippen LogP contribution in [0.3, 0.4) is 0 Å². The van der Waals surface area contributed by atoms with Gasteiger partial charge in [0, 0.05) is 145 Å². The van der Waals surface area contributed by atoms with Crippen molar-refractivity contribution in [3.8, 4) is 0 Å². The van der Waals surface area contributed by atoms with Gasteiger partial charge in [-0.15, -0.1) is 0 Å². The molecule has 4 saturated heterocycles. The van der Waals surface area contributed by atoms with Crippen LogP contribution in [0.1, 0.15) is 152 Å². The van der Waals surface area contributed by atoms with Crippen molar-refractivity contribution in [3.05, 3.63) is 128 Å². The van der Waals surface area contributed by atoms with Crippen molar-refractivity contribution < 1.29 is 36.7 Å². The fourth-order valence-corrected chi connectivity index (χ4v) is 12.7. The maximum absolute atomic E-state index is 14.9. The van der Waals surface area contributed by atoms with Crippen LogP contribution in [0.2, 0.25) is 0 Å². The Morgan fingerprint density at radius 2 is 0.901 bits per heavy atom. The molecule has 2 unspecified atom stereocenters. The highest BCUT2D eigenvalue weighted by Gasteiger charge is 2.47. The highest BCUT2D eigenvalue weighted by atomic mass is 19.1. The van der Waals surface area contributed by atoms with Crippen LogP contribution in [0.5, 0.6) is 0 Å². The third-order valence-electron chi connectivity index (χ3n) is 17.7. The van der Waals surface area contributed by atoms with Gasteiger partial charge in [-0.2, -0.15) is 0 Å². The van der Waals surface area contributed by atoms with E-state index in [1.54, 1.807) is 6.92 Å². The first kappa shape index (κ1) is 62.6. The van der Waals surface area contributed by atoms with Crippen LogP contribution < -0.4 is 15.1 Å². The van der Waals surface area contributed by atoms with Crippen molar-refractivity contribution in [2.45, 2.75) is 152 Å². The summed E-state index contributed by atoms with van der Waals surface area (Å²) in [7, 11) is 0. The van der Waals surface area contributed by atoms with E-state index in [1.807, 2.05) is 35.5 Å². The summed E-state index contributed by atoms with van der Waals surface area (Å²) < 4.78 is 57.2. The highest BCUT2D eigenvalue weighted by molar-refractivity contribution is 5.82. The largest absolute Gasteiger partial charge is 0.368 e. The number of nitrogens with zero attached hydrogens (tertiary/aromatic N) is 7. The van der Waals surface area contributed by atoms with Crippen molar-refractivity contribution in [2.75, 3.05) is 88.3 Å². The van der Waals surface area contributed by atoms with E-state index in [4.69, 9.17) is 0 Å². The van der Waals surface area contributed by atoms with Gasteiger partial charge in [-0.1, -0.05) is 24.3 Å². The molecule has 4 amide bonds. The van der Waals surface area contributed by atoms with Gasteiger partial charge in [0.2, 0.25) is 23.6 Å². The van der Waals surface area contributed by atoms with Crippen molar-refractivity contribution >= 4 is 35.0 Å². The second kappa shape index (κ2) is 25.2. The van der Waals surface area contributed by atoms with Crippen LogP contribution in [0.4, 0.5) is 28.9 Å². The molecule has 0 aliphatic carbocycles. The summed E-state index contributed by atoms with van der Waals surface area (Å²) >= 11 is 0. The topological polar surface area (TPSA) is 103 Å². The van der Waals surface area contributed by atoms with Gasteiger partial charge in [0.15, 0.2) is 0 Å². The number of benzene rings is 4. The molecule has 16 heteroatoms. The minimum atomic E-state index is -0.612. The maximum Gasteiger partial charge on any atom is 0.227 e. The zero-order chi connectivity index (χ0) is 59.7. The fraction of sp³-hybridized carbons (Fsp3) is 0.569. The van der Waals surface area contributed by atoms with Crippen molar-refractivity contribution in [3.63, 3.8) is 0 Å². The van der Waals surface area contributed by atoms with E-state index in [0.29, 0.717) is 89.7 Å². The van der Waals surface area contributed by atoms with Crippen LogP contribution >= 0.6 is 0 Å². The average molecular weight is 1120 g/mol. The lowest BCUT2D eigenvalue weighted by molar-refractivity contribution is -0.136. The number of hydrogen-bond donors (Lipinski definition) is 1. The van der Waals surface area contributed by atoms with Crippen LogP contribution in [-0.4, -0.2) is 144 Å². The minimum absolute atomic E-state index is 0.0297. The van der Waals surface area contributed by atoms with Gasteiger partial charge in [0.25, 0.3) is 0 Å². The Labute approximate surface area is 480 Å². The lowest BCUT2D eigenvalue weighted by Crippen LogP contribution is -2.52. The van der Waals surface area contributed by atoms with Gasteiger partial charge in [-0.05, 0) is 166 Å². The molecule has 0 aromatic heterocycles. The first-order valence-electron chi connectivity index (χ1n) is 29.1. The SMILES string of the molecule is CC(=O)N(C(C)C)C(C)c1cc(C)c(C)cc1N1CCN(C(=O)[C@@H]2CN(C(C)(C)C)C[C@H]2c2ccc(F)cc2F)CC1.CC(=O)NC(C)c1cc(C)c(C)cc1N1CCN(C(=O)[C@@H]2CN(C(C)(C)C)C[C@H]2c2ccc(F)cc2F)CC1. The summed E-state index contributed by atoms with van der Waals surface area (Å²) in [6, 6.07) is 16.0. The summed E-state index contributed by atoms with van der Waals surface area (Å²) in [5.41, 5.74) is 9.56. The third kappa shape index (κ3) is 14.3. The molecule has 4 heterocycles. The fourth-order valence-electron chi connectivity index (χ4n) is 12.7. The van der Waals surface area contributed by atoms with E-state index in [9.17, 15) is 36.7 Å². The predicted molar refractivity (Wildman–Crippen MR) is 316 cm³/mol. The molecule has 0 radical (unpaired) electrons. The van der Waals surface area contributed by atoms with E-state index in [1.165, 1.54) is 53.4 Å². The summed E-state index contributed by atoms with van der Waals surface area (Å²) in [6.45, 7) is 39.4. The highest BCUT2D eigenvalue weighted by Crippen LogP contribution is 2.42. The number of anilines is 2. The Morgan fingerprint density at radius 1 is 0.531 bits per heavy atom. The average Bonchev–Trinajstić information content (AvgIpc) is 4.13. The third-order valence-corrected chi connectivity index (χ3v) is 17.7. The molecule has 4 fully saturated rings. The summed E-state index contributed by atoms with van der Waals surface area (Å²) in [6.07, 6.45) is 0. The molecular formula is C65H90F4N8O4. The zero-order valence-electron chi connectivity index (χ0n) is 51.1. The molecule has 4 aromatic rings. The van der Waals surface area contributed by atoms with Crippen LogP contribution in [0, 0.1) is 62.8 Å². The number of carbonyl (C=O) groups is 4. The summed E-state index contributed by atoms with van der Waals surface area (Å²) in [5, 5.41) is 3.01. The van der Waals surface area contributed by atoms with Crippen molar-refractivity contribution in [1.29, 1.82) is 0 Å². The number of halogens is 4. The predicted octanol–water partition coefficient (Wildman–Crippen LogP) is 11.0. The van der Waals surface area contributed by atoms with Gasteiger partial charge >= 0.3 is 0 Å². The van der Waals surface area contributed by atoms with Crippen LogP contribution in [-0.2, 0) is 19.2 Å². The number of piperazine rings is 2. The zero-order valence-corrected chi connectivity index (χ0v) is 51.1. The van der Waals surface area contributed by atoms with Crippen LogP contribution in [0.15, 0.2) is 60.7 Å². The maximum atomic E-state index is 14.9. The summed E-state index contributed by atoms with van der Waals surface area (Å²) in [5.74, 6) is -3.83. The number of amides is 4. The molecule has 1 N–H and O–H groups in total. The van der Waals surface area contributed by atoms with E-state index in [-0.39, 0.29) is 64.7 Å². The Morgan fingerprint density at radius 3 is 1.25 bits per heavy atom. The number of likely N-dealkylation sites (tertiary alicyclic amines) is 2. The van der Waals surface area contributed by atoms with Gasteiger partial charge in [0.1, 0.15) is 23.3 Å². The minimum Gasteiger partial charge on any atom is -0.368 e. The molecule has 442 valence electrons. The smallest absolute Gasteiger partial charge is 0.227 e. The Balaban J connectivity index is 0.000000234. The lowest BCUT2D eigenvalue weighted by Gasteiger charge is -2.41. The number of rotatable bonds is 11. The number of hydrogen-bond acceptors (Lipinski definition) is 8. The molecule has 81 heavy (non-hydrogen) atoms. The van der Waals surface area contributed by atoms with Crippen molar-refractivity contribution in [1.82, 2.24) is 29.8 Å². The second-order valence-corrected chi connectivity index (χ2v) is 25.6. The standard InChI is InChI=1S/C34H48F2N4O2.C31H42F2N4O2/c1-21(2)40(25(6)41)24(5)28-16-22(3)23(4)17-32(28)37-12-14-38(15-13-37)33(42)30-20-39(34(7,8)9)19-29(30)27-11-10-26(35)18-31(27)36;1-19-14-25(21(3)34-22(4)38)29(15-20(19)2)35-10-12-36(13-11-35)30(39)27-18-37(31(5,6)7)17-26(27)24-9-8-23(32)16-28(24)33/h10-11,16-18,21,24,29-30H,12-15,19-20H2,1-9H3;8-9,14-16,21,26-27H,10-13,17-18H2,1-7H3,(H,34,38)/t24?,29-,30+;21?,26-,27+/m00/s1. The van der Waals surface area contributed by atoms with E-state index in [2.05, 4.69) is 125 Å². The molecule has 4 aliphatic rings. The summed E-state index contributed by atoms with van der Waals surface area (Å²) in [4.78, 5) is 67.1. The Bertz CT molecular complexity index is 2940. The molecule has 0 saturated carbocycles. The second-order valence-electron chi connectivity index (χ2n) is 25.6. The normalized spacial score (nSPS) is 21.0. The molecule has 8 rings (SSSR count). The molecule has 4 aromatic carbocycles. The quantitative estimate of drug-likeness (QED) is 0.148. The van der Waals surface area contributed by atoms with Gasteiger partial charge in [-0.3, -0.25) is 29.0 Å². The first-order valence-corrected chi connectivity index (χ1v) is 29.1. The Hall–Kier alpha value is -6.00. The number of nitrogens with one attached hydrogen (secondary N) is 1. The number of carbonyl (C=O) groups excluding carboxylic acids is 4. The van der Waals surface area contributed by atoms with Gasteiger partial charge < -0.3 is 29.8 Å². The number of aryl methyl sites for hydroxylation is 4. The van der Waals surface area contributed by atoms with E-state index >= 15 is 0 Å². The van der Waals surface area contributed by atoms with Gasteiger partial charge in [-0.25, -0.2) is 17.6 Å².